The highest BCUT2D eigenvalue weighted by atomic mass is 14.4. The van der Waals surface area contributed by atoms with Crippen molar-refractivity contribution in [1.82, 2.24) is 0 Å². The summed E-state index contributed by atoms with van der Waals surface area (Å²) >= 11 is 0. The SMILES string of the molecule is CC(C)(C)c1ccc(-c2c3ccccc3c(-c3ccc4c(c3)-c3ccccc3C4(C)C)c3cc(-c4ccc5ccccc5c4)ccc23)cc1. The topological polar surface area (TPSA) is 0 Å². The zero-order valence-corrected chi connectivity index (χ0v) is 28.9. The van der Waals surface area contributed by atoms with Crippen molar-refractivity contribution in [3.8, 4) is 44.5 Å². The van der Waals surface area contributed by atoms with Crippen molar-refractivity contribution in [1.29, 1.82) is 0 Å². The number of benzene rings is 8. The third-order valence-corrected chi connectivity index (χ3v) is 11.0. The molecule has 0 saturated carbocycles. The fourth-order valence-corrected chi connectivity index (χ4v) is 8.36. The predicted octanol–water partition coefficient (Wildman–Crippen LogP) is 13.8. The summed E-state index contributed by atoms with van der Waals surface area (Å²) in [6.07, 6.45) is 0. The number of rotatable bonds is 3. The minimum absolute atomic E-state index is 0.0269. The maximum absolute atomic E-state index is 2.46. The van der Waals surface area contributed by atoms with Gasteiger partial charge in [-0.25, -0.2) is 0 Å². The number of hydrogen-bond donors (Lipinski definition) is 0. The molecule has 1 aliphatic rings. The molecular formula is C49H40. The number of hydrogen-bond acceptors (Lipinski definition) is 0. The van der Waals surface area contributed by atoms with E-state index in [9.17, 15) is 0 Å². The largest absolute Gasteiger partial charge is 0.0619 e. The lowest BCUT2D eigenvalue weighted by Gasteiger charge is -2.22. The Morgan fingerprint density at radius 2 is 0.939 bits per heavy atom. The van der Waals surface area contributed by atoms with Gasteiger partial charge < -0.3 is 0 Å². The van der Waals surface area contributed by atoms with E-state index in [2.05, 4.69) is 186 Å². The molecule has 0 unspecified atom stereocenters. The Bertz CT molecular complexity index is 2590. The first kappa shape index (κ1) is 29.7. The fourth-order valence-electron chi connectivity index (χ4n) is 8.36. The molecule has 0 saturated heterocycles. The second kappa shape index (κ2) is 10.8. The molecule has 0 N–H and O–H groups in total. The summed E-state index contributed by atoms with van der Waals surface area (Å²) < 4.78 is 0. The normalized spacial score (nSPS) is 13.6. The Hall–Kier alpha value is -5.46. The van der Waals surface area contributed by atoms with Gasteiger partial charge in [-0.1, -0.05) is 168 Å². The molecule has 0 spiro atoms. The van der Waals surface area contributed by atoms with E-state index in [-0.39, 0.29) is 10.8 Å². The monoisotopic (exact) mass is 628 g/mol. The van der Waals surface area contributed by atoms with Gasteiger partial charge in [0.25, 0.3) is 0 Å². The Morgan fingerprint density at radius 3 is 1.69 bits per heavy atom. The molecule has 49 heavy (non-hydrogen) atoms. The van der Waals surface area contributed by atoms with E-state index in [1.54, 1.807) is 0 Å². The fraction of sp³-hybridized carbons (Fsp3) is 0.143. The van der Waals surface area contributed by atoms with Crippen LogP contribution in [0.4, 0.5) is 0 Å². The van der Waals surface area contributed by atoms with Crippen LogP contribution in [0.5, 0.6) is 0 Å². The van der Waals surface area contributed by atoms with Crippen molar-refractivity contribution >= 4 is 32.3 Å². The van der Waals surface area contributed by atoms with E-state index in [1.165, 1.54) is 93.5 Å². The highest BCUT2D eigenvalue weighted by molar-refractivity contribution is 6.22. The van der Waals surface area contributed by atoms with Crippen LogP contribution in [0.3, 0.4) is 0 Å². The van der Waals surface area contributed by atoms with E-state index in [4.69, 9.17) is 0 Å². The van der Waals surface area contributed by atoms with Gasteiger partial charge in [-0.3, -0.25) is 0 Å². The Labute approximate surface area is 289 Å². The first-order valence-corrected chi connectivity index (χ1v) is 17.5. The van der Waals surface area contributed by atoms with Gasteiger partial charge in [-0.05, 0) is 117 Å². The molecule has 0 radical (unpaired) electrons. The first-order valence-electron chi connectivity index (χ1n) is 17.5. The molecule has 0 aliphatic heterocycles. The minimum Gasteiger partial charge on any atom is -0.0619 e. The van der Waals surface area contributed by atoms with Crippen LogP contribution >= 0.6 is 0 Å². The Morgan fingerprint density at radius 1 is 0.388 bits per heavy atom. The second-order valence-corrected chi connectivity index (χ2v) is 15.4. The van der Waals surface area contributed by atoms with Crippen molar-refractivity contribution in [2.24, 2.45) is 0 Å². The molecule has 0 heteroatoms. The standard InChI is InChI=1S/C49H40/c1-48(2,3)37-24-20-32(21-25-37)46-39-15-8-9-16-40(39)47(36-23-27-45-42(30-36)38-14-10-11-17-44(38)49(45,4)5)43-29-35(22-26-41(43)46)34-19-18-31-12-6-7-13-33(31)28-34/h6-30H,1-5H3. The second-order valence-electron chi connectivity index (χ2n) is 15.4. The van der Waals surface area contributed by atoms with Crippen molar-refractivity contribution < 1.29 is 0 Å². The lowest BCUT2D eigenvalue weighted by Crippen LogP contribution is -2.14. The van der Waals surface area contributed by atoms with Gasteiger partial charge in [-0.2, -0.15) is 0 Å². The Balaban J connectivity index is 1.35. The zero-order valence-electron chi connectivity index (χ0n) is 28.9. The van der Waals surface area contributed by atoms with Gasteiger partial charge in [0.2, 0.25) is 0 Å². The molecule has 1 aliphatic carbocycles. The summed E-state index contributed by atoms with van der Waals surface area (Å²) in [7, 11) is 0. The average molecular weight is 629 g/mol. The summed E-state index contributed by atoms with van der Waals surface area (Å²) in [5.41, 5.74) is 14.5. The predicted molar refractivity (Wildman–Crippen MR) is 212 cm³/mol. The third kappa shape index (κ3) is 4.66. The molecule has 0 aromatic heterocycles. The minimum atomic E-state index is -0.0269. The summed E-state index contributed by atoms with van der Waals surface area (Å²) in [6, 6.07) is 57.1. The van der Waals surface area contributed by atoms with Crippen LogP contribution in [-0.2, 0) is 10.8 Å². The average Bonchev–Trinajstić information content (AvgIpc) is 3.35. The lowest BCUT2D eigenvalue weighted by atomic mass is 9.81. The van der Waals surface area contributed by atoms with E-state index in [1.807, 2.05) is 0 Å². The molecule has 8 aromatic rings. The summed E-state index contributed by atoms with van der Waals surface area (Å²) in [5, 5.41) is 7.66. The van der Waals surface area contributed by atoms with Crippen molar-refractivity contribution in [3.05, 3.63) is 168 Å². The van der Waals surface area contributed by atoms with Crippen molar-refractivity contribution in [2.75, 3.05) is 0 Å². The van der Waals surface area contributed by atoms with E-state index in [0.29, 0.717) is 0 Å². The van der Waals surface area contributed by atoms with E-state index in [0.717, 1.165) is 0 Å². The molecular weight excluding hydrogens is 589 g/mol. The summed E-state index contributed by atoms with van der Waals surface area (Å²) in [4.78, 5) is 0. The van der Waals surface area contributed by atoms with Gasteiger partial charge in [0.15, 0.2) is 0 Å². The summed E-state index contributed by atoms with van der Waals surface area (Å²) in [5.74, 6) is 0. The van der Waals surface area contributed by atoms with Crippen molar-refractivity contribution in [3.63, 3.8) is 0 Å². The van der Waals surface area contributed by atoms with Crippen molar-refractivity contribution in [2.45, 2.75) is 45.4 Å². The van der Waals surface area contributed by atoms with Gasteiger partial charge in [0, 0.05) is 5.41 Å². The first-order chi connectivity index (χ1) is 23.7. The zero-order chi connectivity index (χ0) is 33.5. The molecule has 0 atom stereocenters. The van der Waals surface area contributed by atoms with Gasteiger partial charge >= 0.3 is 0 Å². The molecule has 236 valence electrons. The van der Waals surface area contributed by atoms with Gasteiger partial charge in [0.1, 0.15) is 0 Å². The molecule has 9 rings (SSSR count). The van der Waals surface area contributed by atoms with Crippen LogP contribution in [0.15, 0.2) is 152 Å². The molecule has 0 fully saturated rings. The van der Waals surface area contributed by atoms with Gasteiger partial charge in [0.05, 0.1) is 0 Å². The van der Waals surface area contributed by atoms with E-state index < -0.39 is 0 Å². The highest BCUT2D eigenvalue weighted by Gasteiger charge is 2.35. The maximum Gasteiger partial charge on any atom is 0.0158 e. The smallest absolute Gasteiger partial charge is 0.0158 e. The molecule has 0 bridgehead atoms. The number of fused-ring (bicyclic) bond motifs is 6. The molecule has 8 aromatic carbocycles. The quantitative estimate of drug-likeness (QED) is 0.171. The maximum atomic E-state index is 2.46. The lowest BCUT2D eigenvalue weighted by molar-refractivity contribution is 0.590. The van der Waals surface area contributed by atoms with Crippen LogP contribution in [0.1, 0.15) is 51.3 Å². The van der Waals surface area contributed by atoms with Crippen LogP contribution in [-0.4, -0.2) is 0 Å². The summed E-state index contributed by atoms with van der Waals surface area (Å²) in [6.45, 7) is 11.6. The third-order valence-electron chi connectivity index (χ3n) is 11.0. The highest BCUT2D eigenvalue weighted by Crippen LogP contribution is 2.51. The van der Waals surface area contributed by atoms with Crippen LogP contribution < -0.4 is 0 Å². The van der Waals surface area contributed by atoms with Crippen LogP contribution in [0.25, 0.3) is 76.8 Å². The van der Waals surface area contributed by atoms with Crippen LogP contribution in [0.2, 0.25) is 0 Å². The molecule has 0 heterocycles. The molecule has 0 amide bonds. The Kier molecular flexibility index (Phi) is 6.52. The molecule has 0 nitrogen and oxygen atoms in total. The van der Waals surface area contributed by atoms with Gasteiger partial charge in [-0.15, -0.1) is 0 Å². The van der Waals surface area contributed by atoms with E-state index >= 15 is 0 Å². The van der Waals surface area contributed by atoms with Crippen LogP contribution in [0, 0.1) is 0 Å².